The Morgan fingerprint density at radius 3 is 2.83 bits per heavy atom. The molecule has 1 rings (SSSR count). The van der Waals surface area contributed by atoms with Crippen LogP contribution in [0.2, 0.25) is 0 Å². The quantitative estimate of drug-likeness (QED) is 0.683. The van der Waals surface area contributed by atoms with E-state index >= 15 is 0 Å². The summed E-state index contributed by atoms with van der Waals surface area (Å²) in [4.78, 5) is 0. The van der Waals surface area contributed by atoms with E-state index in [4.69, 9.17) is 5.73 Å². The molecule has 1 nitrogen and oxygen atoms in total. The molecule has 0 saturated heterocycles. The lowest BCUT2D eigenvalue weighted by molar-refractivity contribution is 0.377. The molecule has 0 saturated carbocycles. The van der Waals surface area contributed by atoms with E-state index in [0.29, 0.717) is 5.41 Å². The van der Waals surface area contributed by atoms with Gasteiger partial charge in [0.1, 0.15) is 0 Å². The van der Waals surface area contributed by atoms with Gasteiger partial charge in [0.15, 0.2) is 0 Å². The van der Waals surface area contributed by atoms with Gasteiger partial charge in [-0.25, -0.2) is 0 Å². The van der Waals surface area contributed by atoms with Gasteiger partial charge < -0.3 is 5.73 Å². The monoisotopic (exact) mass is 165 g/mol. The first-order chi connectivity index (χ1) is 5.66. The van der Waals surface area contributed by atoms with E-state index in [1.165, 1.54) is 19.3 Å². The lowest BCUT2D eigenvalue weighted by atomic mass is 9.79. The lowest BCUT2D eigenvalue weighted by Gasteiger charge is -2.27. The van der Waals surface area contributed by atoms with Crippen molar-refractivity contribution in [2.75, 3.05) is 0 Å². The molecule has 0 aromatic carbocycles. The molecule has 0 heterocycles. The van der Waals surface area contributed by atoms with E-state index in [1.54, 1.807) is 0 Å². The molecule has 1 heteroatoms. The molecule has 2 N–H and O–H groups in total. The third kappa shape index (κ3) is 2.40. The molecular formula is C11H19N. The van der Waals surface area contributed by atoms with Crippen LogP contribution >= 0.6 is 0 Å². The highest BCUT2D eigenvalue weighted by molar-refractivity contribution is 5.23. The molecule has 0 fully saturated rings. The van der Waals surface area contributed by atoms with Gasteiger partial charge in [-0.15, -0.1) is 0 Å². The van der Waals surface area contributed by atoms with Crippen LogP contribution < -0.4 is 5.73 Å². The fraction of sp³-hybridized carbons (Fsp3) is 0.636. The summed E-state index contributed by atoms with van der Waals surface area (Å²) in [6, 6.07) is 0. The van der Waals surface area contributed by atoms with Gasteiger partial charge in [0.25, 0.3) is 0 Å². The molecule has 0 aromatic heterocycles. The summed E-state index contributed by atoms with van der Waals surface area (Å²) >= 11 is 0. The van der Waals surface area contributed by atoms with E-state index in [0.717, 1.165) is 12.1 Å². The Balaban J connectivity index is 2.47. The molecular weight excluding hydrogens is 146 g/mol. The summed E-state index contributed by atoms with van der Waals surface area (Å²) in [6.45, 7) is 4.54. The smallest absolute Gasteiger partial charge is 0.0270 e. The Kier molecular flexibility index (Phi) is 2.96. The van der Waals surface area contributed by atoms with Crippen molar-refractivity contribution in [3.63, 3.8) is 0 Å². The second-order valence-electron chi connectivity index (χ2n) is 4.00. The van der Waals surface area contributed by atoms with Crippen LogP contribution in [-0.2, 0) is 0 Å². The second kappa shape index (κ2) is 3.79. The van der Waals surface area contributed by atoms with Crippen LogP contribution in [-0.4, -0.2) is 0 Å². The SMILES string of the molecule is CCCCC1(C)C=CC(N)=CC1. The summed E-state index contributed by atoms with van der Waals surface area (Å²) in [5.74, 6) is 0. The highest BCUT2D eigenvalue weighted by atomic mass is 14.6. The Hall–Kier alpha value is -0.720. The minimum Gasteiger partial charge on any atom is -0.399 e. The summed E-state index contributed by atoms with van der Waals surface area (Å²) in [5, 5.41) is 0. The second-order valence-corrected chi connectivity index (χ2v) is 4.00. The molecule has 0 amide bonds. The van der Waals surface area contributed by atoms with Crippen LogP contribution in [0.15, 0.2) is 23.9 Å². The molecule has 0 aliphatic heterocycles. The third-order valence-corrected chi connectivity index (χ3v) is 2.58. The van der Waals surface area contributed by atoms with Crippen LogP contribution in [0.25, 0.3) is 0 Å². The summed E-state index contributed by atoms with van der Waals surface area (Å²) in [6.07, 6.45) is 11.4. The predicted molar refractivity (Wildman–Crippen MR) is 53.7 cm³/mol. The summed E-state index contributed by atoms with van der Waals surface area (Å²) < 4.78 is 0. The van der Waals surface area contributed by atoms with Crippen LogP contribution in [0, 0.1) is 5.41 Å². The van der Waals surface area contributed by atoms with E-state index in [-0.39, 0.29) is 0 Å². The number of unbranched alkanes of at least 4 members (excludes halogenated alkanes) is 1. The standard InChI is InChI=1S/C11H19N/c1-3-4-7-11(2)8-5-10(12)6-9-11/h5-6,8H,3-4,7,9,12H2,1-2H3. The van der Waals surface area contributed by atoms with Crippen LogP contribution in [0.4, 0.5) is 0 Å². The first-order valence-corrected chi connectivity index (χ1v) is 4.81. The molecule has 0 aromatic rings. The van der Waals surface area contributed by atoms with E-state index in [9.17, 15) is 0 Å². The van der Waals surface area contributed by atoms with Crippen molar-refractivity contribution in [2.24, 2.45) is 11.1 Å². The maximum atomic E-state index is 5.66. The largest absolute Gasteiger partial charge is 0.399 e. The zero-order valence-electron chi connectivity index (χ0n) is 8.14. The fourth-order valence-electron chi connectivity index (χ4n) is 1.55. The van der Waals surface area contributed by atoms with Gasteiger partial charge in [-0.1, -0.05) is 38.8 Å². The average Bonchev–Trinajstić information content (AvgIpc) is 2.08. The Morgan fingerprint density at radius 2 is 2.33 bits per heavy atom. The van der Waals surface area contributed by atoms with Crippen molar-refractivity contribution in [1.29, 1.82) is 0 Å². The van der Waals surface area contributed by atoms with Crippen LogP contribution in [0.1, 0.15) is 39.5 Å². The molecule has 1 atom stereocenters. The average molecular weight is 165 g/mol. The van der Waals surface area contributed by atoms with E-state index < -0.39 is 0 Å². The van der Waals surface area contributed by atoms with Crippen molar-refractivity contribution in [1.82, 2.24) is 0 Å². The number of hydrogen-bond acceptors (Lipinski definition) is 1. The molecule has 0 bridgehead atoms. The number of nitrogens with two attached hydrogens (primary N) is 1. The van der Waals surface area contributed by atoms with Crippen molar-refractivity contribution < 1.29 is 0 Å². The van der Waals surface area contributed by atoms with E-state index in [2.05, 4.69) is 26.0 Å². The maximum Gasteiger partial charge on any atom is 0.0270 e. The number of rotatable bonds is 3. The minimum absolute atomic E-state index is 0.374. The van der Waals surface area contributed by atoms with Gasteiger partial charge in [-0.2, -0.15) is 0 Å². The van der Waals surface area contributed by atoms with Crippen LogP contribution in [0.5, 0.6) is 0 Å². The van der Waals surface area contributed by atoms with Crippen molar-refractivity contribution in [2.45, 2.75) is 39.5 Å². The Bertz CT molecular complexity index is 203. The first kappa shape index (κ1) is 9.37. The molecule has 68 valence electrons. The Morgan fingerprint density at radius 1 is 1.58 bits per heavy atom. The van der Waals surface area contributed by atoms with Gasteiger partial charge in [0.05, 0.1) is 0 Å². The van der Waals surface area contributed by atoms with Gasteiger partial charge in [-0.05, 0) is 24.3 Å². The highest BCUT2D eigenvalue weighted by Crippen LogP contribution is 2.33. The van der Waals surface area contributed by atoms with E-state index in [1.807, 2.05) is 6.08 Å². The van der Waals surface area contributed by atoms with Gasteiger partial charge in [0.2, 0.25) is 0 Å². The van der Waals surface area contributed by atoms with Crippen LogP contribution in [0.3, 0.4) is 0 Å². The third-order valence-electron chi connectivity index (χ3n) is 2.58. The zero-order valence-corrected chi connectivity index (χ0v) is 8.14. The van der Waals surface area contributed by atoms with Gasteiger partial charge in [0, 0.05) is 5.70 Å². The summed E-state index contributed by atoms with van der Waals surface area (Å²) in [5.41, 5.74) is 6.95. The Labute approximate surface area is 75.3 Å². The molecule has 1 unspecified atom stereocenters. The molecule has 12 heavy (non-hydrogen) atoms. The lowest BCUT2D eigenvalue weighted by Crippen LogP contribution is -2.16. The number of hydrogen-bond donors (Lipinski definition) is 1. The molecule has 0 spiro atoms. The topological polar surface area (TPSA) is 26.0 Å². The van der Waals surface area contributed by atoms with Crippen molar-refractivity contribution >= 4 is 0 Å². The van der Waals surface area contributed by atoms with Gasteiger partial charge in [-0.3, -0.25) is 0 Å². The normalized spacial score (nSPS) is 28.7. The molecule has 0 radical (unpaired) electrons. The first-order valence-electron chi connectivity index (χ1n) is 4.81. The summed E-state index contributed by atoms with van der Waals surface area (Å²) in [7, 11) is 0. The molecule has 1 aliphatic rings. The van der Waals surface area contributed by atoms with Crippen molar-refractivity contribution in [3.8, 4) is 0 Å². The minimum atomic E-state index is 0.374. The maximum absolute atomic E-state index is 5.66. The molecule has 1 aliphatic carbocycles. The highest BCUT2D eigenvalue weighted by Gasteiger charge is 2.20. The van der Waals surface area contributed by atoms with Gasteiger partial charge >= 0.3 is 0 Å². The number of allylic oxidation sites excluding steroid dienone is 3. The predicted octanol–water partition coefficient (Wildman–Crippen LogP) is 2.99. The zero-order chi connectivity index (χ0) is 9.03. The fourth-order valence-corrected chi connectivity index (χ4v) is 1.55. The van der Waals surface area contributed by atoms with Crippen molar-refractivity contribution in [3.05, 3.63) is 23.9 Å².